The molecule has 0 bridgehead atoms. The van der Waals surface area contributed by atoms with Crippen LogP contribution in [0.25, 0.3) is 0 Å². The number of benzene rings is 2. The monoisotopic (exact) mass is 363 g/mol. The predicted molar refractivity (Wildman–Crippen MR) is 102 cm³/mol. The standard InChI is InChI=1S/C21H21N3O3/c25-19(23-17-12-15(17)14-6-2-1-3-7-14)10-11-21(27)24-13-20(26)22-16-8-4-5-9-18(16)24/h1-9,15,17H,10-13H2,(H,22,26)(H,23,25)/t15-,17+/m1/s1. The molecule has 2 aromatic carbocycles. The molecule has 1 aliphatic carbocycles. The topological polar surface area (TPSA) is 78.5 Å². The largest absolute Gasteiger partial charge is 0.353 e. The van der Waals surface area contributed by atoms with Gasteiger partial charge in [0.1, 0.15) is 6.54 Å². The molecule has 0 saturated heterocycles. The first-order valence-electron chi connectivity index (χ1n) is 9.15. The van der Waals surface area contributed by atoms with Gasteiger partial charge in [0.05, 0.1) is 11.4 Å². The van der Waals surface area contributed by atoms with Crippen LogP contribution in [0.3, 0.4) is 0 Å². The summed E-state index contributed by atoms with van der Waals surface area (Å²) in [4.78, 5) is 38.0. The molecule has 3 amide bonds. The van der Waals surface area contributed by atoms with Crippen molar-refractivity contribution in [1.29, 1.82) is 0 Å². The molecule has 138 valence electrons. The SMILES string of the molecule is O=C1CN(C(=O)CCC(=O)N[C@H]2C[C@@H]2c2ccccc2)c2ccccc2N1. The van der Waals surface area contributed by atoms with Gasteiger partial charge in [-0.15, -0.1) is 0 Å². The number of hydrogen-bond acceptors (Lipinski definition) is 3. The lowest BCUT2D eigenvalue weighted by molar-refractivity contribution is -0.125. The molecule has 6 nitrogen and oxygen atoms in total. The summed E-state index contributed by atoms with van der Waals surface area (Å²) < 4.78 is 0. The van der Waals surface area contributed by atoms with Crippen molar-refractivity contribution in [1.82, 2.24) is 5.32 Å². The number of hydrogen-bond donors (Lipinski definition) is 2. The first kappa shape index (κ1) is 17.3. The maximum Gasteiger partial charge on any atom is 0.244 e. The van der Waals surface area contributed by atoms with E-state index in [1.54, 1.807) is 18.2 Å². The zero-order valence-corrected chi connectivity index (χ0v) is 14.9. The molecule has 1 saturated carbocycles. The fourth-order valence-corrected chi connectivity index (χ4v) is 3.51. The Morgan fingerprint density at radius 2 is 1.78 bits per heavy atom. The Kier molecular flexibility index (Phi) is 4.62. The third kappa shape index (κ3) is 3.84. The average molecular weight is 363 g/mol. The number of amides is 3. The Hall–Kier alpha value is -3.15. The first-order chi connectivity index (χ1) is 13.1. The van der Waals surface area contributed by atoms with E-state index >= 15 is 0 Å². The van der Waals surface area contributed by atoms with Gasteiger partial charge in [0.15, 0.2) is 0 Å². The average Bonchev–Trinajstić information content (AvgIpc) is 3.45. The smallest absolute Gasteiger partial charge is 0.244 e. The normalized spacial score (nSPS) is 20.4. The number of carbonyl (C=O) groups excluding carboxylic acids is 3. The van der Waals surface area contributed by atoms with Crippen LogP contribution in [0, 0.1) is 0 Å². The number of nitrogens with one attached hydrogen (secondary N) is 2. The second-order valence-electron chi connectivity index (χ2n) is 6.97. The summed E-state index contributed by atoms with van der Waals surface area (Å²) in [5, 5.41) is 5.75. The van der Waals surface area contributed by atoms with Crippen LogP contribution >= 0.6 is 0 Å². The van der Waals surface area contributed by atoms with Gasteiger partial charge in [-0.05, 0) is 24.1 Å². The summed E-state index contributed by atoms with van der Waals surface area (Å²) in [5.41, 5.74) is 2.53. The summed E-state index contributed by atoms with van der Waals surface area (Å²) in [6.45, 7) is -0.0177. The minimum Gasteiger partial charge on any atom is -0.353 e. The number of fused-ring (bicyclic) bond motifs is 1. The Morgan fingerprint density at radius 3 is 2.59 bits per heavy atom. The highest BCUT2D eigenvalue weighted by Gasteiger charge is 2.39. The van der Waals surface area contributed by atoms with Crippen LogP contribution in [0.1, 0.15) is 30.7 Å². The zero-order valence-electron chi connectivity index (χ0n) is 14.9. The third-order valence-corrected chi connectivity index (χ3v) is 5.00. The van der Waals surface area contributed by atoms with Crippen molar-refractivity contribution < 1.29 is 14.4 Å². The lowest BCUT2D eigenvalue weighted by Gasteiger charge is -2.29. The molecular formula is C21H21N3O3. The number of nitrogens with zero attached hydrogens (tertiary/aromatic N) is 1. The maximum atomic E-state index is 12.6. The van der Waals surface area contributed by atoms with Crippen LogP contribution in [0.2, 0.25) is 0 Å². The quantitative estimate of drug-likeness (QED) is 0.856. The molecule has 6 heteroatoms. The first-order valence-corrected chi connectivity index (χ1v) is 9.15. The number of carbonyl (C=O) groups is 3. The van der Waals surface area contributed by atoms with Crippen molar-refractivity contribution in [2.24, 2.45) is 0 Å². The summed E-state index contributed by atoms with van der Waals surface area (Å²) in [6.07, 6.45) is 1.14. The number of rotatable bonds is 5. The lowest BCUT2D eigenvalue weighted by Crippen LogP contribution is -2.42. The molecule has 0 unspecified atom stereocenters. The molecule has 1 aliphatic heterocycles. The Bertz CT molecular complexity index is 881. The van der Waals surface area contributed by atoms with E-state index in [1.165, 1.54) is 10.5 Å². The third-order valence-electron chi connectivity index (χ3n) is 5.00. The second kappa shape index (κ2) is 7.23. The van der Waals surface area contributed by atoms with E-state index in [2.05, 4.69) is 22.8 Å². The molecule has 1 fully saturated rings. The van der Waals surface area contributed by atoms with Crippen LogP contribution < -0.4 is 15.5 Å². The Balaban J connectivity index is 1.30. The van der Waals surface area contributed by atoms with Crippen molar-refractivity contribution in [2.45, 2.75) is 31.2 Å². The molecule has 4 rings (SSSR count). The van der Waals surface area contributed by atoms with Crippen LogP contribution in [0.4, 0.5) is 11.4 Å². The number of para-hydroxylation sites is 2. The molecular weight excluding hydrogens is 342 g/mol. The van der Waals surface area contributed by atoms with Gasteiger partial charge in [0.2, 0.25) is 17.7 Å². The van der Waals surface area contributed by atoms with E-state index in [-0.39, 0.29) is 43.1 Å². The van der Waals surface area contributed by atoms with E-state index in [4.69, 9.17) is 0 Å². The van der Waals surface area contributed by atoms with E-state index in [0.717, 1.165) is 6.42 Å². The Labute approximate surface area is 157 Å². The summed E-state index contributed by atoms with van der Waals surface area (Å²) in [5.74, 6) is -0.205. The maximum absolute atomic E-state index is 12.6. The predicted octanol–water partition coefficient (Wildman–Crippen LogP) is 2.42. The van der Waals surface area contributed by atoms with Crippen LogP contribution in [0.5, 0.6) is 0 Å². The summed E-state index contributed by atoms with van der Waals surface area (Å²) in [6, 6.07) is 17.4. The van der Waals surface area contributed by atoms with Gasteiger partial charge in [-0.1, -0.05) is 42.5 Å². The minimum atomic E-state index is -0.227. The summed E-state index contributed by atoms with van der Waals surface area (Å²) >= 11 is 0. The summed E-state index contributed by atoms with van der Waals surface area (Å²) in [7, 11) is 0. The van der Waals surface area contributed by atoms with E-state index in [1.807, 2.05) is 24.3 Å². The molecule has 2 aromatic rings. The van der Waals surface area contributed by atoms with Gasteiger partial charge >= 0.3 is 0 Å². The second-order valence-corrected chi connectivity index (χ2v) is 6.97. The fourth-order valence-electron chi connectivity index (χ4n) is 3.51. The zero-order chi connectivity index (χ0) is 18.8. The molecule has 1 heterocycles. The van der Waals surface area contributed by atoms with Crippen molar-refractivity contribution in [3.05, 3.63) is 60.2 Å². The number of anilines is 2. The van der Waals surface area contributed by atoms with Crippen molar-refractivity contribution in [2.75, 3.05) is 16.8 Å². The highest BCUT2D eigenvalue weighted by atomic mass is 16.2. The van der Waals surface area contributed by atoms with Gasteiger partial charge in [-0.3, -0.25) is 14.4 Å². The Morgan fingerprint density at radius 1 is 1.04 bits per heavy atom. The molecule has 2 N–H and O–H groups in total. The molecule has 27 heavy (non-hydrogen) atoms. The van der Waals surface area contributed by atoms with E-state index in [9.17, 15) is 14.4 Å². The van der Waals surface area contributed by atoms with E-state index < -0.39 is 0 Å². The van der Waals surface area contributed by atoms with Gasteiger partial charge in [-0.25, -0.2) is 0 Å². The van der Waals surface area contributed by atoms with Gasteiger partial charge < -0.3 is 15.5 Å². The van der Waals surface area contributed by atoms with Gasteiger partial charge in [0, 0.05) is 24.8 Å². The van der Waals surface area contributed by atoms with Crippen LogP contribution in [0.15, 0.2) is 54.6 Å². The highest BCUT2D eigenvalue weighted by Crippen LogP contribution is 2.40. The van der Waals surface area contributed by atoms with Crippen molar-refractivity contribution >= 4 is 29.1 Å². The minimum absolute atomic E-state index is 0.0177. The lowest BCUT2D eigenvalue weighted by atomic mass is 10.1. The van der Waals surface area contributed by atoms with Crippen molar-refractivity contribution in [3.8, 4) is 0 Å². The fraction of sp³-hybridized carbons (Fsp3) is 0.286. The molecule has 2 aliphatic rings. The molecule has 2 atom stereocenters. The molecule has 0 aromatic heterocycles. The highest BCUT2D eigenvalue weighted by molar-refractivity contribution is 6.10. The molecule has 0 radical (unpaired) electrons. The van der Waals surface area contributed by atoms with Gasteiger partial charge in [-0.2, -0.15) is 0 Å². The van der Waals surface area contributed by atoms with Crippen LogP contribution in [-0.2, 0) is 14.4 Å². The van der Waals surface area contributed by atoms with Gasteiger partial charge in [0.25, 0.3) is 0 Å². The van der Waals surface area contributed by atoms with E-state index in [0.29, 0.717) is 17.3 Å². The van der Waals surface area contributed by atoms with Crippen LogP contribution in [-0.4, -0.2) is 30.3 Å². The molecule has 0 spiro atoms. The van der Waals surface area contributed by atoms with Crippen molar-refractivity contribution in [3.63, 3.8) is 0 Å².